The maximum atomic E-state index is 14.6. The van der Waals surface area contributed by atoms with Gasteiger partial charge in [-0.3, -0.25) is 28.9 Å². The van der Waals surface area contributed by atoms with Crippen molar-refractivity contribution in [3.63, 3.8) is 0 Å². The first-order chi connectivity index (χ1) is 26.1. The number of likely N-dealkylation sites (tertiary alicyclic amines) is 1. The van der Waals surface area contributed by atoms with Gasteiger partial charge in [-0.25, -0.2) is 4.98 Å². The summed E-state index contributed by atoms with van der Waals surface area (Å²) in [7, 11) is 3.26. The Hall–Kier alpha value is -3.88. The molecule has 13 nitrogen and oxygen atoms in total. The number of carbonyl (C=O) groups is 5. The molecule has 0 aliphatic carbocycles. The van der Waals surface area contributed by atoms with Crippen LogP contribution in [0.15, 0.2) is 35.7 Å². The van der Waals surface area contributed by atoms with Gasteiger partial charge in [0.25, 0.3) is 5.91 Å². The van der Waals surface area contributed by atoms with E-state index in [-0.39, 0.29) is 66.3 Å². The van der Waals surface area contributed by atoms with Crippen LogP contribution in [0.1, 0.15) is 114 Å². The van der Waals surface area contributed by atoms with E-state index >= 15 is 0 Å². The molecule has 4 amide bonds. The van der Waals surface area contributed by atoms with Crippen molar-refractivity contribution in [2.75, 3.05) is 27.2 Å². The molecule has 2 aromatic rings. The number of aliphatic hydroxyl groups excluding tert-OH is 1. The van der Waals surface area contributed by atoms with E-state index in [1.54, 1.807) is 12.3 Å². The molecule has 7 atom stereocenters. The first-order valence-corrected chi connectivity index (χ1v) is 20.6. The molecular weight excluding hydrogens is 721 g/mol. The molecule has 1 aliphatic rings. The number of esters is 1. The molecule has 1 aromatic carbocycles. The van der Waals surface area contributed by atoms with E-state index in [4.69, 9.17) is 4.74 Å². The van der Waals surface area contributed by atoms with Gasteiger partial charge in [0.05, 0.1) is 25.6 Å². The van der Waals surface area contributed by atoms with Crippen molar-refractivity contribution in [3.05, 3.63) is 52.0 Å². The Morgan fingerprint density at radius 1 is 1.00 bits per heavy atom. The predicted octanol–water partition coefficient (Wildman–Crippen LogP) is 4.50. The Bertz CT molecular complexity index is 1550. The molecule has 2 heterocycles. The standard InChI is InChI=1S/C41H64N6O7S/c1-10-27(6)36(45-38(51)32-18-14-15-19-46(32)8)40(52)47(23-35(49)42-26(4)5)33(25(2)3)22-34(48)39-44-31(24-55-39)37(50)43-30(20-28(7)41(53)54-9)21-29-16-12-11-13-17-29/h11-13,16-17,24-28,30,32-34,36,48H,10,14-15,18-23H2,1-9H3,(H,42,49)(H,43,50)(H,45,51). The molecule has 55 heavy (non-hydrogen) atoms. The minimum Gasteiger partial charge on any atom is -0.469 e. The van der Waals surface area contributed by atoms with Gasteiger partial charge in [-0.05, 0) is 70.5 Å². The largest absolute Gasteiger partial charge is 0.469 e. The van der Waals surface area contributed by atoms with Crippen LogP contribution in [0, 0.1) is 17.8 Å². The van der Waals surface area contributed by atoms with Crippen molar-refractivity contribution in [3.8, 4) is 0 Å². The monoisotopic (exact) mass is 784 g/mol. The van der Waals surface area contributed by atoms with Crippen molar-refractivity contribution in [2.45, 2.75) is 130 Å². The van der Waals surface area contributed by atoms with Gasteiger partial charge in [0, 0.05) is 29.9 Å². The molecule has 0 saturated carbocycles. The minimum absolute atomic E-state index is 0.0484. The summed E-state index contributed by atoms with van der Waals surface area (Å²) in [6.07, 6.45) is 3.01. The number of piperidine rings is 1. The zero-order valence-corrected chi connectivity index (χ0v) is 35.0. The molecule has 0 bridgehead atoms. The van der Waals surface area contributed by atoms with E-state index in [9.17, 15) is 29.1 Å². The number of amides is 4. The number of nitrogens with one attached hydrogen (secondary N) is 3. The summed E-state index contributed by atoms with van der Waals surface area (Å²) in [6, 6.07) is 7.28. The van der Waals surface area contributed by atoms with Crippen LogP contribution in [-0.4, -0.2) is 107 Å². The average molecular weight is 785 g/mol. The number of hydrogen-bond acceptors (Lipinski definition) is 10. The highest BCUT2D eigenvalue weighted by molar-refractivity contribution is 7.09. The predicted molar refractivity (Wildman–Crippen MR) is 214 cm³/mol. The van der Waals surface area contributed by atoms with Gasteiger partial charge in [-0.2, -0.15) is 0 Å². The molecule has 14 heteroatoms. The van der Waals surface area contributed by atoms with E-state index in [2.05, 4.69) is 20.9 Å². The van der Waals surface area contributed by atoms with E-state index in [0.29, 0.717) is 30.7 Å². The van der Waals surface area contributed by atoms with Gasteiger partial charge in [0.2, 0.25) is 17.7 Å². The molecule has 306 valence electrons. The van der Waals surface area contributed by atoms with Crippen LogP contribution in [0.5, 0.6) is 0 Å². The van der Waals surface area contributed by atoms with E-state index in [1.165, 1.54) is 12.0 Å². The Morgan fingerprint density at radius 2 is 1.69 bits per heavy atom. The Balaban J connectivity index is 1.86. The highest BCUT2D eigenvalue weighted by Crippen LogP contribution is 2.29. The van der Waals surface area contributed by atoms with Gasteiger partial charge in [0.15, 0.2) is 0 Å². The van der Waals surface area contributed by atoms with Gasteiger partial charge in [0.1, 0.15) is 22.8 Å². The highest BCUT2D eigenvalue weighted by atomic mass is 32.1. The number of carbonyl (C=O) groups excluding carboxylic acids is 5. The Morgan fingerprint density at radius 3 is 2.29 bits per heavy atom. The SMILES string of the molecule is CCC(C)C(NC(=O)C1CCCCN1C)C(=O)N(CC(=O)NC(C)C)C(CC(O)c1nc(C(=O)NC(Cc2ccccc2)CC(C)C(=O)OC)cs1)C(C)C. The van der Waals surface area contributed by atoms with E-state index in [1.807, 2.05) is 83.8 Å². The number of nitrogens with zero attached hydrogens (tertiary/aromatic N) is 3. The quantitative estimate of drug-likeness (QED) is 0.141. The number of thiazole rings is 1. The van der Waals surface area contributed by atoms with Crippen LogP contribution >= 0.6 is 11.3 Å². The Kier molecular flexibility index (Phi) is 18.2. The zero-order chi connectivity index (χ0) is 40.8. The normalized spacial score (nSPS) is 18.1. The van der Waals surface area contributed by atoms with Crippen molar-refractivity contribution < 1.29 is 33.8 Å². The van der Waals surface area contributed by atoms with Crippen LogP contribution < -0.4 is 16.0 Å². The van der Waals surface area contributed by atoms with Crippen LogP contribution in [0.4, 0.5) is 0 Å². The zero-order valence-electron chi connectivity index (χ0n) is 34.2. The van der Waals surface area contributed by atoms with Crippen molar-refractivity contribution in [2.24, 2.45) is 17.8 Å². The fourth-order valence-electron chi connectivity index (χ4n) is 7.11. The second-order valence-electron chi connectivity index (χ2n) is 15.7. The molecule has 0 radical (unpaired) electrons. The molecule has 1 aromatic heterocycles. The molecule has 1 aliphatic heterocycles. The maximum absolute atomic E-state index is 14.6. The van der Waals surface area contributed by atoms with Crippen LogP contribution in [-0.2, 0) is 30.3 Å². The first kappa shape index (κ1) is 45.5. The van der Waals surface area contributed by atoms with Crippen LogP contribution in [0.2, 0.25) is 0 Å². The first-order valence-electron chi connectivity index (χ1n) is 19.7. The minimum atomic E-state index is -1.16. The maximum Gasteiger partial charge on any atom is 0.308 e. The van der Waals surface area contributed by atoms with Crippen molar-refractivity contribution in [1.82, 2.24) is 30.7 Å². The summed E-state index contributed by atoms with van der Waals surface area (Å²) in [5.74, 6) is -2.59. The second kappa shape index (κ2) is 22.0. The molecule has 1 fully saturated rings. The molecule has 0 spiro atoms. The molecule has 1 saturated heterocycles. The van der Waals surface area contributed by atoms with E-state index < -0.39 is 36.1 Å². The third kappa shape index (κ3) is 13.7. The van der Waals surface area contributed by atoms with Crippen molar-refractivity contribution >= 4 is 40.9 Å². The lowest BCUT2D eigenvalue weighted by Gasteiger charge is -2.39. The van der Waals surface area contributed by atoms with Gasteiger partial charge < -0.3 is 30.7 Å². The number of hydrogen-bond donors (Lipinski definition) is 4. The highest BCUT2D eigenvalue weighted by Gasteiger charge is 2.39. The molecular formula is C41H64N6O7S. The van der Waals surface area contributed by atoms with E-state index in [0.717, 1.165) is 36.3 Å². The number of rotatable bonds is 20. The lowest BCUT2D eigenvalue weighted by Crippen LogP contribution is -2.60. The number of ether oxygens (including phenoxy) is 1. The van der Waals surface area contributed by atoms with Gasteiger partial charge in [-0.15, -0.1) is 11.3 Å². The number of aromatic nitrogens is 1. The summed E-state index contributed by atoms with van der Waals surface area (Å²) < 4.78 is 4.92. The fraction of sp³-hybridized carbons (Fsp3) is 0.659. The average Bonchev–Trinajstić information content (AvgIpc) is 3.65. The number of aliphatic hydroxyl groups is 1. The number of likely N-dealkylation sites (N-methyl/N-ethyl adjacent to an activating group) is 1. The summed E-state index contributed by atoms with van der Waals surface area (Å²) in [5.41, 5.74) is 1.12. The number of benzene rings is 1. The summed E-state index contributed by atoms with van der Waals surface area (Å²) in [5, 5.41) is 22.5. The number of methoxy groups -OCH3 is 1. The molecule has 7 unspecified atom stereocenters. The summed E-state index contributed by atoms with van der Waals surface area (Å²) in [6.45, 7) is 13.7. The van der Waals surface area contributed by atoms with Crippen molar-refractivity contribution in [1.29, 1.82) is 0 Å². The molecule has 3 rings (SSSR count). The third-order valence-corrected chi connectivity index (χ3v) is 11.4. The van der Waals surface area contributed by atoms with Gasteiger partial charge >= 0.3 is 5.97 Å². The van der Waals surface area contributed by atoms with Gasteiger partial charge in [-0.1, -0.05) is 77.8 Å². The summed E-state index contributed by atoms with van der Waals surface area (Å²) >= 11 is 1.13. The summed E-state index contributed by atoms with van der Waals surface area (Å²) in [4.78, 5) is 75.3. The van der Waals surface area contributed by atoms with Crippen LogP contribution in [0.3, 0.4) is 0 Å². The lowest BCUT2D eigenvalue weighted by molar-refractivity contribution is -0.145. The van der Waals surface area contributed by atoms with Crippen LogP contribution in [0.25, 0.3) is 0 Å². The fourth-order valence-corrected chi connectivity index (χ4v) is 7.90. The third-order valence-electron chi connectivity index (χ3n) is 10.5. The topological polar surface area (TPSA) is 170 Å². The Labute approximate surface area is 331 Å². The second-order valence-corrected chi connectivity index (χ2v) is 16.6. The molecule has 4 N–H and O–H groups in total. The lowest BCUT2D eigenvalue weighted by atomic mass is 9.92. The smallest absolute Gasteiger partial charge is 0.308 e.